The summed E-state index contributed by atoms with van der Waals surface area (Å²) in [5.74, 6) is -1.88. The number of nitrogens with two attached hydrogens (primary N) is 1. The minimum Gasteiger partial charge on any atom is -0.492 e. The molecule has 2 aromatic rings. The molecule has 7 nitrogen and oxygen atoms in total. The van der Waals surface area contributed by atoms with Gasteiger partial charge in [-0.05, 0) is 35.7 Å². The fourth-order valence-corrected chi connectivity index (χ4v) is 5.04. The first kappa shape index (κ1) is 31.8. The van der Waals surface area contributed by atoms with Gasteiger partial charge in [0.25, 0.3) is 0 Å². The van der Waals surface area contributed by atoms with Gasteiger partial charge in [-0.15, -0.1) is 0 Å². The van der Waals surface area contributed by atoms with Gasteiger partial charge in [-0.2, -0.15) is 13.2 Å². The predicted octanol–water partition coefficient (Wildman–Crippen LogP) is 5.08. The number of carbonyl (C=O) groups is 1. The lowest BCUT2D eigenvalue weighted by Crippen LogP contribution is -2.38. The van der Waals surface area contributed by atoms with Crippen molar-refractivity contribution in [3.63, 3.8) is 0 Å². The fraction of sp³-hybridized carbons (Fsp3) is 0.500. The molecule has 0 saturated carbocycles. The summed E-state index contributed by atoms with van der Waals surface area (Å²) in [5.41, 5.74) is 7.59. The maximum atomic E-state index is 14.4. The summed E-state index contributed by atoms with van der Waals surface area (Å²) in [6, 6.07) is 15.2. The van der Waals surface area contributed by atoms with Crippen molar-refractivity contribution in [1.29, 1.82) is 0 Å². The van der Waals surface area contributed by atoms with Gasteiger partial charge in [0.15, 0.2) is 0 Å². The van der Waals surface area contributed by atoms with Crippen molar-refractivity contribution in [3.8, 4) is 5.75 Å². The Balaban J connectivity index is 0.000000491. The molecule has 4 rings (SSSR count). The van der Waals surface area contributed by atoms with Gasteiger partial charge < -0.3 is 20.3 Å². The van der Waals surface area contributed by atoms with Crippen LogP contribution in [0.4, 0.5) is 17.6 Å². The van der Waals surface area contributed by atoms with E-state index in [0.29, 0.717) is 13.2 Å². The normalized spacial score (nSPS) is 20.1. The third-order valence-electron chi connectivity index (χ3n) is 5.72. The molecule has 2 saturated heterocycles. The highest BCUT2D eigenvalue weighted by Gasteiger charge is 2.38. The van der Waals surface area contributed by atoms with Gasteiger partial charge in [-0.25, -0.2) is 17.8 Å². The maximum Gasteiger partial charge on any atom is 0.490 e. The van der Waals surface area contributed by atoms with Gasteiger partial charge in [0.1, 0.15) is 18.2 Å². The van der Waals surface area contributed by atoms with Crippen molar-refractivity contribution < 1.29 is 36.9 Å². The molecule has 2 fully saturated rings. The van der Waals surface area contributed by atoms with E-state index in [1.165, 1.54) is 0 Å². The zero-order chi connectivity index (χ0) is 28.1. The number of carboxylic acid groups (broad SMARTS) is 1. The van der Waals surface area contributed by atoms with Crippen molar-refractivity contribution in [3.05, 3.63) is 65.5 Å². The Morgan fingerprint density at radius 1 is 1.16 bits per heavy atom. The smallest absolute Gasteiger partial charge is 0.490 e. The first-order chi connectivity index (χ1) is 18.2. The molecule has 2 heterocycles. The second-order valence-electron chi connectivity index (χ2n) is 8.30. The highest BCUT2D eigenvalue weighted by molar-refractivity contribution is 7.94. The van der Waals surface area contributed by atoms with Crippen LogP contribution in [0.15, 0.2) is 48.5 Å². The number of nitrogens with zero attached hydrogens (tertiary/aromatic N) is 2. The fourth-order valence-electron chi connectivity index (χ4n) is 3.90. The van der Waals surface area contributed by atoms with Crippen molar-refractivity contribution in [2.45, 2.75) is 44.9 Å². The van der Waals surface area contributed by atoms with E-state index in [9.17, 15) is 17.6 Å². The third-order valence-corrected chi connectivity index (χ3v) is 6.97. The SMILES string of the molecule is CC.NCc1cccc(OCC2CC(c3ccccc3F)CN2SN2CCOCC2)c1.O=C(O)C(F)(F)F. The molecule has 2 unspecified atom stereocenters. The Labute approximate surface area is 225 Å². The third kappa shape index (κ3) is 10.1. The monoisotopic (exact) mass is 561 g/mol. The molecule has 0 spiro atoms. The van der Waals surface area contributed by atoms with E-state index in [0.717, 1.165) is 56.1 Å². The van der Waals surface area contributed by atoms with Gasteiger partial charge in [0.05, 0.1) is 19.3 Å². The number of morpholine rings is 1. The summed E-state index contributed by atoms with van der Waals surface area (Å²) in [6.07, 6.45) is -4.21. The van der Waals surface area contributed by atoms with Crippen LogP contribution in [0, 0.1) is 5.82 Å². The molecular formula is C26H35F4N3O4S. The number of ether oxygens (including phenoxy) is 2. The van der Waals surface area contributed by atoms with Crippen LogP contribution >= 0.6 is 12.1 Å². The predicted molar refractivity (Wildman–Crippen MR) is 139 cm³/mol. The molecule has 0 bridgehead atoms. The van der Waals surface area contributed by atoms with Crippen LogP contribution in [-0.4, -0.2) is 71.4 Å². The van der Waals surface area contributed by atoms with Crippen molar-refractivity contribution in [1.82, 2.24) is 8.61 Å². The van der Waals surface area contributed by atoms with Crippen molar-refractivity contribution in [2.75, 3.05) is 39.5 Å². The molecule has 0 amide bonds. The Morgan fingerprint density at radius 2 is 1.82 bits per heavy atom. The quantitative estimate of drug-likeness (QED) is 0.358. The molecule has 2 aliphatic rings. The van der Waals surface area contributed by atoms with Crippen LogP contribution in [0.1, 0.15) is 37.3 Å². The molecule has 0 radical (unpaired) electrons. The average Bonchev–Trinajstić information content (AvgIpc) is 3.31. The summed E-state index contributed by atoms with van der Waals surface area (Å²) in [7, 11) is 0. The number of benzene rings is 2. The second kappa shape index (κ2) is 15.9. The van der Waals surface area contributed by atoms with Crippen molar-refractivity contribution in [2.24, 2.45) is 5.73 Å². The van der Waals surface area contributed by atoms with Crippen LogP contribution in [-0.2, 0) is 16.1 Å². The number of rotatable bonds is 7. The first-order valence-corrected chi connectivity index (χ1v) is 13.1. The first-order valence-electron chi connectivity index (χ1n) is 12.4. The van der Waals surface area contributed by atoms with Gasteiger partial charge in [-0.3, -0.25) is 0 Å². The minimum atomic E-state index is -5.08. The van der Waals surface area contributed by atoms with Crippen LogP contribution in [0.25, 0.3) is 0 Å². The lowest BCUT2D eigenvalue weighted by Gasteiger charge is -2.31. The van der Waals surface area contributed by atoms with Crippen LogP contribution in [0.2, 0.25) is 0 Å². The van der Waals surface area contributed by atoms with Crippen LogP contribution in [0.3, 0.4) is 0 Å². The van der Waals surface area contributed by atoms with E-state index >= 15 is 0 Å². The highest BCUT2D eigenvalue weighted by Crippen LogP contribution is 2.38. The van der Waals surface area contributed by atoms with Gasteiger partial charge >= 0.3 is 12.1 Å². The molecular weight excluding hydrogens is 526 g/mol. The van der Waals surface area contributed by atoms with E-state index in [2.05, 4.69) is 8.61 Å². The lowest BCUT2D eigenvalue weighted by molar-refractivity contribution is -0.192. The van der Waals surface area contributed by atoms with E-state index in [1.807, 2.05) is 50.2 Å². The number of carboxylic acids is 1. The molecule has 38 heavy (non-hydrogen) atoms. The highest BCUT2D eigenvalue weighted by atomic mass is 32.2. The standard InChI is InChI=1S/C22H28FN3O2S.C2HF3O2.C2H6/c23-22-7-2-1-6-21(22)18-13-19(16-28-20-5-3-4-17(12-20)14-24)26(15-18)29-25-8-10-27-11-9-25;3-2(4,5)1(6)7;1-2/h1-7,12,18-19H,8-11,13-16,24H2;(H,6,7);1-2H3. The minimum absolute atomic E-state index is 0.119. The zero-order valence-corrected chi connectivity index (χ0v) is 22.3. The number of halogens is 4. The van der Waals surface area contributed by atoms with Gasteiger partial charge in [0.2, 0.25) is 0 Å². The van der Waals surface area contributed by atoms with Gasteiger partial charge in [-0.1, -0.05) is 44.2 Å². The maximum absolute atomic E-state index is 14.4. The van der Waals surface area contributed by atoms with Crippen LogP contribution < -0.4 is 10.5 Å². The largest absolute Gasteiger partial charge is 0.492 e. The topological polar surface area (TPSA) is 88.3 Å². The summed E-state index contributed by atoms with van der Waals surface area (Å²) in [4.78, 5) is 8.90. The Hall–Kier alpha value is -2.38. The summed E-state index contributed by atoms with van der Waals surface area (Å²) in [5, 5.41) is 7.12. The van der Waals surface area contributed by atoms with Gasteiger partial charge in [0, 0.05) is 44.2 Å². The van der Waals surface area contributed by atoms with E-state index in [4.69, 9.17) is 25.1 Å². The molecule has 12 heteroatoms. The second-order valence-corrected chi connectivity index (χ2v) is 9.44. The van der Waals surface area contributed by atoms with Crippen LogP contribution in [0.5, 0.6) is 5.75 Å². The molecule has 3 N–H and O–H groups in total. The van der Waals surface area contributed by atoms with Crippen molar-refractivity contribution >= 4 is 18.1 Å². The summed E-state index contributed by atoms with van der Waals surface area (Å²) in [6.45, 7) is 9.18. The Kier molecular flexibility index (Phi) is 13.3. The van der Waals surface area contributed by atoms with E-state index in [1.54, 1.807) is 24.3 Å². The Bertz CT molecular complexity index is 993. The average molecular weight is 562 g/mol. The molecule has 2 atom stereocenters. The molecule has 0 aromatic heterocycles. The molecule has 2 aliphatic heterocycles. The number of alkyl halides is 3. The molecule has 0 aliphatic carbocycles. The van der Waals surface area contributed by atoms with E-state index < -0.39 is 12.1 Å². The molecule has 212 valence electrons. The van der Waals surface area contributed by atoms with E-state index in [-0.39, 0.29) is 17.8 Å². The summed E-state index contributed by atoms with van der Waals surface area (Å²) < 4.78 is 62.4. The zero-order valence-electron chi connectivity index (χ0n) is 21.5. The number of hydrogen-bond donors (Lipinski definition) is 2. The lowest BCUT2D eigenvalue weighted by atomic mass is 9.96. The number of hydrogen-bond acceptors (Lipinski definition) is 7. The molecule has 2 aromatic carbocycles. The Morgan fingerprint density at radius 3 is 2.42 bits per heavy atom. The summed E-state index contributed by atoms with van der Waals surface area (Å²) >= 11 is 1.75. The number of aliphatic carboxylic acids is 1.